The number of nitrogens with zero attached hydrogens (tertiary/aromatic N) is 2. The molecule has 0 saturated heterocycles. The average Bonchev–Trinajstić information content (AvgIpc) is 2.83. The van der Waals surface area contributed by atoms with Crippen LogP contribution in [0, 0.1) is 0 Å². The van der Waals surface area contributed by atoms with E-state index in [0.29, 0.717) is 10.3 Å². The van der Waals surface area contributed by atoms with Gasteiger partial charge in [-0.1, -0.05) is 11.6 Å². The molecule has 0 spiro atoms. The molecule has 0 aromatic carbocycles. The van der Waals surface area contributed by atoms with Gasteiger partial charge in [0.05, 0.1) is 6.54 Å². The van der Waals surface area contributed by atoms with E-state index >= 15 is 0 Å². The van der Waals surface area contributed by atoms with E-state index in [4.69, 9.17) is 11.6 Å². The highest BCUT2D eigenvalue weighted by molar-refractivity contribution is 9.10. The predicted octanol–water partition coefficient (Wildman–Crippen LogP) is 1.70. The molecule has 0 saturated carbocycles. The minimum Gasteiger partial charge on any atom is -0.347 e. The van der Waals surface area contributed by atoms with Crippen LogP contribution in [0.4, 0.5) is 0 Å². The number of aromatic nitrogens is 3. The molecule has 0 unspecified atom stereocenters. The van der Waals surface area contributed by atoms with Gasteiger partial charge in [-0.25, -0.2) is 23.1 Å². The lowest BCUT2D eigenvalue weighted by molar-refractivity contribution is 0.579. The van der Waals surface area contributed by atoms with Crippen molar-refractivity contribution in [3.63, 3.8) is 0 Å². The van der Waals surface area contributed by atoms with E-state index in [9.17, 15) is 8.42 Å². The fourth-order valence-corrected chi connectivity index (χ4v) is 3.16. The lowest BCUT2D eigenvalue weighted by Gasteiger charge is -2.06. The highest BCUT2D eigenvalue weighted by Gasteiger charge is 2.19. The Morgan fingerprint density at radius 1 is 1.44 bits per heavy atom. The van der Waals surface area contributed by atoms with Crippen LogP contribution in [0.5, 0.6) is 0 Å². The zero-order valence-corrected chi connectivity index (χ0v) is 12.1. The van der Waals surface area contributed by atoms with Gasteiger partial charge in [-0.05, 0) is 22.0 Å². The standard InChI is InChI=1S/C9H8BrClN4O2S/c10-6-3-7(9(11)14-4-6)18(16,17)15-5-8-12-1-2-13-8/h1-4,15H,5H2,(H,12,13). The number of sulfonamides is 1. The molecule has 9 heteroatoms. The Morgan fingerprint density at radius 2 is 2.22 bits per heavy atom. The van der Waals surface area contributed by atoms with Crippen molar-refractivity contribution in [1.29, 1.82) is 0 Å². The third-order valence-corrected chi connectivity index (χ3v) is 4.31. The van der Waals surface area contributed by atoms with Gasteiger partial charge < -0.3 is 4.98 Å². The molecule has 2 heterocycles. The van der Waals surface area contributed by atoms with E-state index in [1.54, 1.807) is 6.20 Å². The monoisotopic (exact) mass is 350 g/mol. The van der Waals surface area contributed by atoms with Gasteiger partial charge in [-0.2, -0.15) is 0 Å². The fourth-order valence-electron chi connectivity index (χ4n) is 1.23. The third kappa shape index (κ3) is 3.08. The first-order valence-corrected chi connectivity index (χ1v) is 7.43. The minimum absolute atomic E-state index is 0.0537. The Kier molecular flexibility index (Phi) is 4.00. The summed E-state index contributed by atoms with van der Waals surface area (Å²) >= 11 is 8.91. The molecule has 2 rings (SSSR count). The summed E-state index contributed by atoms with van der Waals surface area (Å²) in [5.74, 6) is 0.512. The second-order valence-electron chi connectivity index (χ2n) is 3.30. The van der Waals surface area contributed by atoms with Crippen molar-refractivity contribution in [3.05, 3.63) is 40.1 Å². The third-order valence-electron chi connectivity index (χ3n) is 2.05. The van der Waals surface area contributed by atoms with Gasteiger partial charge in [0.1, 0.15) is 15.9 Å². The molecule has 2 N–H and O–H groups in total. The zero-order valence-electron chi connectivity index (χ0n) is 8.89. The van der Waals surface area contributed by atoms with Crippen molar-refractivity contribution in [2.24, 2.45) is 0 Å². The average molecular weight is 352 g/mol. The quantitative estimate of drug-likeness (QED) is 0.821. The summed E-state index contributed by atoms with van der Waals surface area (Å²) in [4.78, 5) is 10.4. The first kappa shape index (κ1) is 13.5. The maximum Gasteiger partial charge on any atom is 0.244 e. The molecule has 0 aliphatic heterocycles. The normalized spacial score (nSPS) is 11.7. The Bertz CT molecular complexity index is 645. The molecule has 6 nitrogen and oxygen atoms in total. The van der Waals surface area contributed by atoms with Gasteiger partial charge in [0, 0.05) is 23.1 Å². The molecule has 0 aliphatic rings. The SMILES string of the molecule is O=S(=O)(NCc1ncc[nH]1)c1cc(Br)cnc1Cl. The Balaban J connectivity index is 2.22. The maximum atomic E-state index is 12.0. The number of hydrogen-bond donors (Lipinski definition) is 2. The molecule has 0 bridgehead atoms. The topological polar surface area (TPSA) is 87.7 Å². The lowest BCUT2D eigenvalue weighted by atomic mass is 10.5. The summed E-state index contributed by atoms with van der Waals surface area (Å²) in [6, 6.07) is 1.39. The summed E-state index contributed by atoms with van der Waals surface area (Å²) in [5.41, 5.74) is 0. The number of rotatable bonds is 4. The minimum atomic E-state index is -3.72. The van der Waals surface area contributed by atoms with Crippen LogP contribution in [0.15, 0.2) is 34.0 Å². The van der Waals surface area contributed by atoms with Crippen molar-refractivity contribution in [3.8, 4) is 0 Å². The van der Waals surface area contributed by atoms with E-state index in [1.807, 2.05) is 0 Å². The zero-order chi connectivity index (χ0) is 13.2. The highest BCUT2D eigenvalue weighted by Crippen LogP contribution is 2.22. The van der Waals surface area contributed by atoms with Crippen molar-refractivity contribution < 1.29 is 8.42 Å². The number of pyridine rings is 1. The Hall–Kier alpha value is -0.960. The summed E-state index contributed by atoms with van der Waals surface area (Å²) in [5, 5.41) is -0.0786. The van der Waals surface area contributed by atoms with Gasteiger partial charge in [-0.15, -0.1) is 0 Å². The number of halogens is 2. The first-order valence-electron chi connectivity index (χ1n) is 4.78. The van der Waals surface area contributed by atoms with E-state index < -0.39 is 10.0 Å². The van der Waals surface area contributed by atoms with Crippen molar-refractivity contribution in [2.75, 3.05) is 0 Å². The fraction of sp³-hybridized carbons (Fsp3) is 0.111. The Morgan fingerprint density at radius 3 is 2.89 bits per heavy atom. The van der Waals surface area contributed by atoms with E-state index in [-0.39, 0.29) is 16.6 Å². The molecule has 18 heavy (non-hydrogen) atoms. The van der Waals surface area contributed by atoms with Crippen LogP contribution in [0.25, 0.3) is 0 Å². The number of nitrogens with one attached hydrogen (secondary N) is 2. The lowest BCUT2D eigenvalue weighted by Crippen LogP contribution is -2.24. The van der Waals surface area contributed by atoms with Crippen LogP contribution in [-0.2, 0) is 16.6 Å². The second kappa shape index (κ2) is 5.35. The summed E-state index contributed by atoms with van der Waals surface area (Å²) in [6.07, 6.45) is 4.57. The second-order valence-corrected chi connectivity index (χ2v) is 6.31. The molecule has 0 fully saturated rings. The summed E-state index contributed by atoms with van der Waals surface area (Å²) in [6.45, 7) is 0.0537. The molecular weight excluding hydrogens is 344 g/mol. The molecule has 0 aliphatic carbocycles. The van der Waals surface area contributed by atoms with Crippen LogP contribution in [0.1, 0.15) is 5.82 Å². The molecule has 2 aromatic heterocycles. The number of H-pyrrole nitrogens is 1. The van der Waals surface area contributed by atoms with Gasteiger partial charge in [0.25, 0.3) is 0 Å². The largest absolute Gasteiger partial charge is 0.347 e. The number of imidazole rings is 1. The van der Waals surface area contributed by atoms with Gasteiger partial charge in [0.15, 0.2) is 0 Å². The molecule has 0 radical (unpaired) electrons. The molecule has 2 aromatic rings. The van der Waals surface area contributed by atoms with Gasteiger partial charge >= 0.3 is 0 Å². The van der Waals surface area contributed by atoms with Crippen LogP contribution in [0.3, 0.4) is 0 Å². The van der Waals surface area contributed by atoms with Gasteiger partial charge in [0.2, 0.25) is 10.0 Å². The number of aromatic amines is 1. The van der Waals surface area contributed by atoms with Crippen LogP contribution in [0.2, 0.25) is 5.15 Å². The van der Waals surface area contributed by atoms with Crippen molar-refractivity contribution >= 4 is 37.6 Å². The first-order chi connectivity index (χ1) is 8.49. The molecule has 0 amide bonds. The smallest absolute Gasteiger partial charge is 0.244 e. The Labute approximate surface area is 117 Å². The van der Waals surface area contributed by atoms with E-state index in [0.717, 1.165) is 0 Å². The molecular formula is C9H8BrClN4O2S. The molecule has 96 valence electrons. The van der Waals surface area contributed by atoms with Gasteiger partial charge in [-0.3, -0.25) is 0 Å². The predicted molar refractivity (Wildman–Crippen MR) is 69.6 cm³/mol. The van der Waals surface area contributed by atoms with E-state index in [2.05, 4.69) is 35.6 Å². The maximum absolute atomic E-state index is 12.0. The van der Waals surface area contributed by atoms with Crippen molar-refractivity contribution in [2.45, 2.75) is 11.4 Å². The van der Waals surface area contributed by atoms with Crippen LogP contribution < -0.4 is 4.72 Å². The summed E-state index contributed by atoms with van der Waals surface area (Å²) < 4.78 is 26.9. The van der Waals surface area contributed by atoms with E-state index in [1.165, 1.54) is 18.5 Å². The molecule has 0 atom stereocenters. The highest BCUT2D eigenvalue weighted by atomic mass is 79.9. The van der Waals surface area contributed by atoms with Crippen molar-refractivity contribution in [1.82, 2.24) is 19.7 Å². The summed E-state index contributed by atoms with van der Waals surface area (Å²) in [7, 11) is -3.72. The van der Waals surface area contributed by atoms with Crippen LogP contribution in [-0.4, -0.2) is 23.4 Å². The number of hydrogen-bond acceptors (Lipinski definition) is 4. The van der Waals surface area contributed by atoms with Crippen LogP contribution >= 0.6 is 27.5 Å².